The van der Waals surface area contributed by atoms with Gasteiger partial charge in [-0.15, -0.1) is 0 Å². The molecule has 21 heavy (non-hydrogen) atoms. The molecule has 0 radical (unpaired) electrons. The molecular weight excluding hydrogens is 315 g/mol. The molecule has 1 heterocycles. The van der Waals surface area contributed by atoms with Crippen LogP contribution in [0.25, 0.3) is 0 Å². The van der Waals surface area contributed by atoms with Gasteiger partial charge in [-0.05, 0) is 18.1 Å². The first-order valence-electron chi connectivity index (χ1n) is 6.53. The van der Waals surface area contributed by atoms with Gasteiger partial charge in [0.25, 0.3) is 5.91 Å². The Kier molecular flexibility index (Phi) is 6.92. The van der Waals surface area contributed by atoms with Crippen LogP contribution in [0.1, 0.15) is 30.8 Å². The molecule has 5 nitrogen and oxygen atoms in total. The molecule has 0 N–H and O–H groups in total. The number of ether oxygens (including phenoxy) is 1. The lowest BCUT2D eigenvalue weighted by molar-refractivity contribution is -0.140. The summed E-state index contributed by atoms with van der Waals surface area (Å²) < 4.78 is 4.59. The van der Waals surface area contributed by atoms with Crippen molar-refractivity contribution in [3.05, 3.63) is 28.0 Å². The first-order valence-corrected chi connectivity index (χ1v) is 7.28. The summed E-state index contributed by atoms with van der Waals surface area (Å²) in [4.78, 5) is 29.3. The van der Waals surface area contributed by atoms with Gasteiger partial charge in [0.1, 0.15) is 10.8 Å². The van der Waals surface area contributed by atoms with Gasteiger partial charge in [-0.3, -0.25) is 9.59 Å². The van der Waals surface area contributed by atoms with Gasteiger partial charge in [-0.25, -0.2) is 4.98 Å². The van der Waals surface area contributed by atoms with E-state index in [1.165, 1.54) is 24.1 Å². The summed E-state index contributed by atoms with van der Waals surface area (Å²) in [6.45, 7) is 4.69. The predicted octanol–water partition coefficient (Wildman–Crippen LogP) is 3.05. The molecule has 1 rings (SSSR count). The summed E-state index contributed by atoms with van der Waals surface area (Å²) in [5, 5.41) is 0.427. The largest absolute Gasteiger partial charge is 0.469 e. The van der Waals surface area contributed by atoms with E-state index in [0.29, 0.717) is 6.54 Å². The van der Waals surface area contributed by atoms with Gasteiger partial charge < -0.3 is 9.64 Å². The number of methoxy groups -OCH3 is 1. The molecule has 0 aliphatic carbocycles. The van der Waals surface area contributed by atoms with Crippen LogP contribution in [0.4, 0.5) is 0 Å². The summed E-state index contributed by atoms with van der Waals surface area (Å²) in [5.41, 5.74) is 0.0923. The smallest absolute Gasteiger partial charge is 0.307 e. The molecule has 1 aromatic rings. The zero-order valence-corrected chi connectivity index (χ0v) is 13.7. The maximum Gasteiger partial charge on any atom is 0.307 e. The summed E-state index contributed by atoms with van der Waals surface area (Å²) in [6, 6.07) is 3.04. The first kappa shape index (κ1) is 17.7. The van der Waals surface area contributed by atoms with Crippen LogP contribution < -0.4 is 0 Å². The van der Waals surface area contributed by atoms with Crippen LogP contribution in [0, 0.1) is 5.92 Å². The fraction of sp³-hybridized carbons (Fsp3) is 0.500. The molecule has 0 saturated heterocycles. The van der Waals surface area contributed by atoms with Crippen molar-refractivity contribution in [1.82, 2.24) is 9.88 Å². The Labute approximate surface area is 134 Å². The van der Waals surface area contributed by atoms with Crippen molar-refractivity contribution >= 4 is 35.1 Å². The Morgan fingerprint density at radius 3 is 2.57 bits per heavy atom. The Morgan fingerprint density at radius 2 is 2.00 bits per heavy atom. The zero-order valence-electron chi connectivity index (χ0n) is 12.2. The van der Waals surface area contributed by atoms with Gasteiger partial charge in [0.05, 0.1) is 18.6 Å². The zero-order chi connectivity index (χ0) is 16.0. The molecule has 1 aromatic heterocycles. The summed E-state index contributed by atoms with van der Waals surface area (Å²) in [7, 11) is 1.31. The third kappa shape index (κ3) is 5.52. The first-order chi connectivity index (χ1) is 9.85. The SMILES string of the molecule is COC(=O)CCN(CC(C)C)C(=O)c1nc(Cl)ccc1Cl. The number of amides is 1. The van der Waals surface area contributed by atoms with Crippen molar-refractivity contribution < 1.29 is 14.3 Å². The number of hydrogen-bond donors (Lipinski definition) is 0. The average molecular weight is 333 g/mol. The normalized spacial score (nSPS) is 10.6. The van der Waals surface area contributed by atoms with E-state index in [0.717, 1.165) is 0 Å². The lowest BCUT2D eigenvalue weighted by Crippen LogP contribution is -2.36. The third-order valence-electron chi connectivity index (χ3n) is 2.70. The Bertz CT molecular complexity index is 521. The number of nitrogens with zero attached hydrogens (tertiary/aromatic N) is 2. The van der Waals surface area contributed by atoms with Crippen molar-refractivity contribution in [1.29, 1.82) is 0 Å². The van der Waals surface area contributed by atoms with E-state index >= 15 is 0 Å². The quantitative estimate of drug-likeness (QED) is 0.593. The van der Waals surface area contributed by atoms with E-state index in [2.05, 4.69) is 9.72 Å². The van der Waals surface area contributed by atoms with E-state index < -0.39 is 0 Å². The van der Waals surface area contributed by atoms with Crippen molar-refractivity contribution in [2.24, 2.45) is 5.92 Å². The van der Waals surface area contributed by atoms with Crippen LogP contribution in [0.2, 0.25) is 10.2 Å². The second-order valence-corrected chi connectivity index (χ2v) is 5.73. The van der Waals surface area contributed by atoms with Crippen molar-refractivity contribution in [3.8, 4) is 0 Å². The fourth-order valence-corrected chi connectivity index (χ4v) is 2.10. The number of carbonyl (C=O) groups is 2. The van der Waals surface area contributed by atoms with Gasteiger partial charge in [0.2, 0.25) is 0 Å². The predicted molar refractivity (Wildman–Crippen MR) is 81.6 cm³/mol. The van der Waals surface area contributed by atoms with Gasteiger partial charge in [0, 0.05) is 13.1 Å². The van der Waals surface area contributed by atoms with Gasteiger partial charge >= 0.3 is 5.97 Å². The minimum Gasteiger partial charge on any atom is -0.469 e. The molecule has 0 atom stereocenters. The summed E-state index contributed by atoms with van der Waals surface area (Å²) in [6.07, 6.45) is 0.118. The number of rotatable bonds is 6. The molecule has 0 aromatic carbocycles. The number of esters is 1. The van der Waals surface area contributed by atoms with Crippen LogP contribution in [0.15, 0.2) is 12.1 Å². The molecule has 0 unspecified atom stereocenters. The van der Waals surface area contributed by atoms with E-state index in [-0.39, 0.29) is 46.6 Å². The van der Waals surface area contributed by atoms with Gasteiger partial charge in [-0.1, -0.05) is 37.0 Å². The van der Waals surface area contributed by atoms with Crippen molar-refractivity contribution in [2.45, 2.75) is 20.3 Å². The molecule has 0 saturated carbocycles. The van der Waals surface area contributed by atoms with Gasteiger partial charge in [-0.2, -0.15) is 0 Å². The second kappa shape index (κ2) is 8.20. The number of pyridine rings is 1. The van der Waals surface area contributed by atoms with Crippen LogP contribution in [0.3, 0.4) is 0 Å². The highest BCUT2D eigenvalue weighted by molar-refractivity contribution is 6.34. The molecule has 1 amide bonds. The maximum absolute atomic E-state index is 12.5. The lowest BCUT2D eigenvalue weighted by atomic mass is 10.2. The Morgan fingerprint density at radius 1 is 1.33 bits per heavy atom. The standard InChI is InChI=1S/C14H18Cl2N2O3/c1-9(2)8-18(7-6-12(19)21-3)14(20)13-10(15)4-5-11(16)17-13/h4-5,9H,6-8H2,1-3H3. The van der Waals surface area contributed by atoms with E-state index in [4.69, 9.17) is 23.2 Å². The molecule has 0 aliphatic rings. The molecule has 116 valence electrons. The Hall–Kier alpha value is -1.33. The molecule has 0 spiro atoms. The van der Waals surface area contributed by atoms with Crippen LogP contribution in [-0.4, -0.2) is 42.0 Å². The van der Waals surface area contributed by atoms with E-state index in [1.54, 1.807) is 0 Å². The fourth-order valence-electron chi connectivity index (χ4n) is 1.76. The van der Waals surface area contributed by atoms with E-state index in [9.17, 15) is 9.59 Å². The van der Waals surface area contributed by atoms with Crippen molar-refractivity contribution in [2.75, 3.05) is 20.2 Å². The minimum atomic E-state index is -0.373. The third-order valence-corrected chi connectivity index (χ3v) is 3.22. The van der Waals surface area contributed by atoms with Crippen LogP contribution in [-0.2, 0) is 9.53 Å². The molecule has 0 fully saturated rings. The topological polar surface area (TPSA) is 59.5 Å². The summed E-state index contributed by atoms with van der Waals surface area (Å²) >= 11 is 11.8. The highest BCUT2D eigenvalue weighted by Crippen LogP contribution is 2.19. The van der Waals surface area contributed by atoms with E-state index in [1.807, 2.05) is 13.8 Å². The minimum absolute atomic E-state index is 0.0923. The van der Waals surface area contributed by atoms with Gasteiger partial charge in [0.15, 0.2) is 0 Å². The highest BCUT2D eigenvalue weighted by Gasteiger charge is 2.22. The number of aromatic nitrogens is 1. The summed E-state index contributed by atoms with van der Waals surface area (Å²) in [5.74, 6) is -0.480. The number of carbonyl (C=O) groups excluding carboxylic acids is 2. The maximum atomic E-state index is 12.5. The average Bonchev–Trinajstić information content (AvgIpc) is 2.44. The van der Waals surface area contributed by atoms with Crippen molar-refractivity contribution in [3.63, 3.8) is 0 Å². The lowest BCUT2D eigenvalue weighted by Gasteiger charge is -2.24. The highest BCUT2D eigenvalue weighted by atomic mass is 35.5. The Balaban J connectivity index is 2.93. The second-order valence-electron chi connectivity index (χ2n) is 4.94. The monoisotopic (exact) mass is 332 g/mol. The number of halogens is 2. The molecule has 7 heteroatoms. The molecular formula is C14H18Cl2N2O3. The molecule has 0 bridgehead atoms. The van der Waals surface area contributed by atoms with Crippen LogP contribution >= 0.6 is 23.2 Å². The van der Waals surface area contributed by atoms with Crippen LogP contribution in [0.5, 0.6) is 0 Å². The number of hydrogen-bond acceptors (Lipinski definition) is 4. The molecule has 0 aliphatic heterocycles.